The first kappa shape index (κ1) is 17.6. The lowest BCUT2D eigenvalue weighted by Crippen LogP contribution is -2.91. The molecule has 0 radical (unpaired) electrons. The molecule has 5 nitrogen and oxygen atoms in total. The Hall–Kier alpha value is -2.18. The molecule has 1 aromatic heterocycles. The minimum Gasteiger partial charge on any atom is -0.365 e. The minimum atomic E-state index is -0.455. The number of rotatable bonds is 6. The molecular formula is C19H24N3O2S+. The van der Waals surface area contributed by atoms with Crippen molar-refractivity contribution in [2.24, 2.45) is 5.73 Å². The number of hydrogen-bond acceptors (Lipinski definition) is 3. The van der Waals surface area contributed by atoms with Gasteiger partial charge in [-0.1, -0.05) is 30.3 Å². The van der Waals surface area contributed by atoms with E-state index < -0.39 is 5.91 Å². The minimum absolute atomic E-state index is 0.106. The highest BCUT2D eigenvalue weighted by molar-refractivity contribution is 7.17. The predicted molar refractivity (Wildman–Crippen MR) is 99.7 cm³/mol. The molecule has 0 saturated carbocycles. The molecule has 1 aliphatic rings. The van der Waals surface area contributed by atoms with Crippen LogP contribution in [-0.2, 0) is 17.6 Å². The summed E-state index contributed by atoms with van der Waals surface area (Å²) in [4.78, 5) is 25.6. The lowest BCUT2D eigenvalue weighted by Gasteiger charge is -2.16. The standard InChI is InChI=1S/C19H23N3O2S/c1-11(13-7-4-3-5-8-13)21-12(2)18(24)22-19-16(17(20)23)14-9-6-10-15(14)25-19/h3-5,7-8,11-12,21H,6,9-10H2,1-2H3,(H2,20,23)(H,22,24)/p+1/t11-,12-/m1/s1. The second-order valence-corrected chi connectivity index (χ2v) is 7.70. The Labute approximate surface area is 151 Å². The predicted octanol–water partition coefficient (Wildman–Crippen LogP) is 1.99. The number of primary amides is 1. The molecule has 1 aromatic carbocycles. The van der Waals surface area contributed by atoms with E-state index in [-0.39, 0.29) is 18.0 Å². The van der Waals surface area contributed by atoms with E-state index >= 15 is 0 Å². The first-order valence-electron chi connectivity index (χ1n) is 8.62. The molecule has 0 aliphatic heterocycles. The molecule has 2 amide bonds. The molecule has 3 rings (SSSR count). The van der Waals surface area contributed by atoms with E-state index in [2.05, 4.69) is 24.4 Å². The molecule has 0 spiro atoms. The van der Waals surface area contributed by atoms with E-state index in [0.717, 1.165) is 24.8 Å². The first-order valence-corrected chi connectivity index (χ1v) is 9.44. The summed E-state index contributed by atoms with van der Waals surface area (Å²) >= 11 is 1.49. The number of quaternary nitrogens is 1. The zero-order valence-electron chi connectivity index (χ0n) is 14.5. The third-order valence-electron chi connectivity index (χ3n) is 4.72. The van der Waals surface area contributed by atoms with E-state index in [1.165, 1.54) is 21.8 Å². The molecule has 0 saturated heterocycles. The average molecular weight is 358 g/mol. The fourth-order valence-electron chi connectivity index (χ4n) is 3.37. The van der Waals surface area contributed by atoms with Crippen LogP contribution in [-0.4, -0.2) is 17.9 Å². The highest BCUT2D eigenvalue weighted by Crippen LogP contribution is 2.38. The van der Waals surface area contributed by atoms with Crippen molar-refractivity contribution in [2.45, 2.75) is 45.2 Å². The van der Waals surface area contributed by atoms with Gasteiger partial charge in [-0.15, -0.1) is 11.3 Å². The SMILES string of the molecule is C[C@@H]([NH2+][C@H](C)c1ccccc1)C(=O)Nc1sc2c(c1C(N)=O)CCC2. The summed E-state index contributed by atoms with van der Waals surface area (Å²) in [7, 11) is 0. The molecular weight excluding hydrogens is 334 g/mol. The van der Waals surface area contributed by atoms with Crippen LogP contribution in [0, 0.1) is 0 Å². The molecule has 1 heterocycles. The quantitative estimate of drug-likeness (QED) is 0.737. The highest BCUT2D eigenvalue weighted by Gasteiger charge is 2.28. The molecule has 132 valence electrons. The van der Waals surface area contributed by atoms with Crippen molar-refractivity contribution in [3.63, 3.8) is 0 Å². The summed E-state index contributed by atoms with van der Waals surface area (Å²) in [6.45, 7) is 3.95. The highest BCUT2D eigenvalue weighted by atomic mass is 32.1. The number of fused-ring (bicyclic) bond motifs is 1. The number of carbonyl (C=O) groups is 2. The smallest absolute Gasteiger partial charge is 0.282 e. The molecule has 25 heavy (non-hydrogen) atoms. The number of hydrogen-bond donors (Lipinski definition) is 3. The largest absolute Gasteiger partial charge is 0.365 e. The Kier molecular flexibility index (Phi) is 5.20. The summed E-state index contributed by atoms with van der Waals surface area (Å²) in [6.07, 6.45) is 2.88. The maximum absolute atomic E-state index is 12.6. The molecule has 0 unspecified atom stereocenters. The lowest BCUT2D eigenvalue weighted by atomic mass is 10.1. The number of nitrogens with one attached hydrogen (secondary N) is 1. The summed E-state index contributed by atoms with van der Waals surface area (Å²) < 4.78 is 0. The fraction of sp³-hybridized carbons (Fsp3) is 0.368. The van der Waals surface area contributed by atoms with Gasteiger partial charge in [-0.05, 0) is 38.7 Å². The molecule has 2 aromatic rings. The lowest BCUT2D eigenvalue weighted by molar-refractivity contribution is -0.709. The van der Waals surface area contributed by atoms with Crippen molar-refractivity contribution >= 4 is 28.2 Å². The number of aryl methyl sites for hydroxylation is 1. The topological polar surface area (TPSA) is 88.8 Å². The van der Waals surface area contributed by atoms with Crippen molar-refractivity contribution in [2.75, 3.05) is 5.32 Å². The van der Waals surface area contributed by atoms with E-state index in [9.17, 15) is 9.59 Å². The van der Waals surface area contributed by atoms with Gasteiger partial charge in [-0.2, -0.15) is 0 Å². The van der Waals surface area contributed by atoms with Gasteiger partial charge in [-0.3, -0.25) is 9.59 Å². The van der Waals surface area contributed by atoms with Crippen molar-refractivity contribution in [1.29, 1.82) is 0 Å². The Bertz CT molecular complexity index is 785. The third kappa shape index (κ3) is 3.75. The maximum atomic E-state index is 12.6. The van der Waals surface area contributed by atoms with Gasteiger partial charge in [-0.25, -0.2) is 0 Å². The molecule has 0 fully saturated rings. The molecule has 5 N–H and O–H groups in total. The van der Waals surface area contributed by atoms with E-state index in [1.807, 2.05) is 30.4 Å². The number of thiophene rings is 1. The van der Waals surface area contributed by atoms with E-state index in [1.54, 1.807) is 0 Å². The number of carbonyl (C=O) groups excluding carboxylic acids is 2. The fourth-order valence-corrected chi connectivity index (χ4v) is 4.66. The van der Waals surface area contributed by atoms with Crippen LogP contribution >= 0.6 is 11.3 Å². The van der Waals surface area contributed by atoms with Crippen molar-refractivity contribution in [1.82, 2.24) is 0 Å². The third-order valence-corrected chi connectivity index (χ3v) is 5.93. The van der Waals surface area contributed by atoms with E-state index in [0.29, 0.717) is 10.6 Å². The normalized spacial score (nSPS) is 15.4. The van der Waals surface area contributed by atoms with Gasteiger partial charge in [0, 0.05) is 10.4 Å². The van der Waals surface area contributed by atoms with Crippen molar-refractivity contribution in [3.8, 4) is 0 Å². The van der Waals surface area contributed by atoms with Crippen LogP contribution in [0.4, 0.5) is 5.00 Å². The van der Waals surface area contributed by atoms with Gasteiger partial charge >= 0.3 is 0 Å². The maximum Gasteiger partial charge on any atom is 0.282 e. The van der Waals surface area contributed by atoms with Crippen LogP contribution in [0.25, 0.3) is 0 Å². The molecule has 1 aliphatic carbocycles. The Morgan fingerprint density at radius 3 is 2.60 bits per heavy atom. The molecule has 6 heteroatoms. The Morgan fingerprint density at radius 2 is 1.92 bits per heavy atom. The number of benzene rings is 1. The monoisotopic (exact) mass is 358 g/mol. The van der Waals surface area contributed by atoms with Gasteiger partial charge in [0.15, 0.2) is 6.04 Å². The molecule has 0 bridgehead atoms. The van der Waals surface area contributed by atoms with Gasteiger partial charge in [0.2, 0.25) is 0 Å². The van der Waals surface area contributed by atoms with Crippen LogP contribution in [0.1, 0.15) is 52.7 Å². The first-order chi connectivity index (χ1) is 12.0. The number of nitrogens with two attached hydrogens (primary N) is 2. The van der Waals surface area contributed by atoms with E-state index in [4.69, 9.17) is 5.73 Å². The van der Waals surface area contributed by atoms with Gasteiger partial charge in [0.05, 0.1) is 5.56 Å². The second kappa shape index (κ2) is 7.37. The zero-order valence-corrected chi connectivity index (χ0v) is 15.4. The van der Waals surface area contributed by atoms with Crippen LogP contribution in [0.5, 0.6) is 0 Å². The number of anilines is 1. The Morgan fingerprint density at radius 1 is 1.20 bits per heavy atom. The Balaban J connectivity index is 1.69. The van der Waals surface area contributed by atoms with Gasteiger partial charge in [0.1, 0.15) is 11.0 Å². The summed E-state index contributed by atoms with van der Waals surface area (Å²) in [5, 5.41) is 5.56. The average Bonchev–Trinajstić information content (AvgIpc) is 3.15. The van der Waals surface area contributed by atoms with Crippen LogP contribution in [0.15, 0.2) is 30.3 Å². The van der Waals surface area contributed by atoms with Crippen LogP contribution in [0.3, 0.4) is 0 Å². The van der Waals surface area contributed by atoms with Crippen LogP contribution in [0.2, 0.25) is 0 Å². The summed E-state index contributed by atoms with van der Waals surface area (Å²) in [5.41, 5.74) is 8.26. The summed E-state index contributed by atoms with van der Waals surface area (Å²) in [5.74, 6) is -0.561. The van der Waals surface area contributed by atoms with Gasteiger partial charge < -0.3 is 16.4 Å². The zero-order chi connectivity index (χ0) is 18.0. The molecule has 2 atom stereocenters. The summed E-state index contributed by atoms with van der Waals surface area (Å²) in [6, 6.07) is 9.99. The van der Waals surface area contributed by atoms with Crippen LogP contribution < -0.4 is 16.4 Å². The van der Waals surface area contributed by atoms with Crippen molar-refractivity contribution in [3.05, 3.63) is 51.9 Å². The van der Waals surface area contributed by atoms with Gasteiger partial charge in [0.25, 0.3) is 11.8 Å². The second-order valence-electron chi connectivity index (χ2n) is 6.60. The van der Waals surface area contributed by atoms with Crippen molar-refractivity contribution < 1.29 is 14.9 Å². The number of amides is 2.